The Labute approximate surface area is 226 Å². The van der Waals surface area contributed by atoms with Crippen LogP contribution in [0, 0.1) is 0 Å². The topological polar surface area (TPSA) is 12.5 Å². The average molecular weight is 496 g/mol. The van der Waals surface area contributed by atoms with E-state index >= 15 is 0 Å². The standard InChI is InChI=1S/C36H33NO/c1-3-4-13-28(2)26-31-15-9-11-21-36(31)38-27-29-22-24-33(25-23-29)37(32-17-6-5-7-18-32)35-20-12-16-30-14-8-10-19-34(30)35/h3-25H,26-27H2,1-2H3. The quantitative estimate of drug-likeness (QED) is 0.189. The zero-order valence-electron chi connectivity index (χ0n) is 22.0. The molecule has 2 nitrogen and oxygen atoms in total. The van der Waals surface area contributed by atoms with Crippen molar-refractivity contribution in [2.75, 3.05) is 4.90 Å². The Hall–Kier alpha value is -4.56. The largest absolute Gasteiger partial charge is 0.489 e. The zero-order valence-corrected chi connectivity index (χ0v) is 22.0. The number of fused-ring (bicyclic) bond motifs is 1. The molecule has 5 rings (SSSR count). The summed E-state index contributed by atoms with van der Waals surface area (Å²) in [6, 6.07) is 42.6. The van der Waals surface area contributed by atoms with E-state index in [2.05, 4.69) is 145 Å². The summed E-state index contributed by atoms with van der Waals surface area (Å²) in [6.07, 6.45) is 7.16. The second-order valence-corrected chi connectivity index (χ2v) is 9.45. The Kier molecular flexibility index (Phi) is 8.01. The molecule has 188 valence electrons. The van der Waals surface area contributed by atoms with Crippen molar-refractivity contribution in [1.82, 2.24) is 0 Å². The van der Waals surface area contributed by atoms with Gasteiger partial charge in [0.25, 0.3) is 0 Å². The van der Waals surface area contributed by atoms with Crippen LogP contribution in [0.15, 0.2) is 145 Å². The van der Waals surface area contributed by atoms with Crippen molar-refractivity contribution in [1.29, 1.82) is 0 Å². The highest BCUT2D eigenvalue weighted by molar-refractivity contribution is 5.98. The number of ether oxygens (including phenoxy) is 1. The van der Waals surface area contributed by atoms with Crippen molar-refractivity contribution in [3.8, 4) is 5.75 Å². The van der Waals surface area contributed by atoms with Gasteiger partial charge in [0.1, 0.15) is 12.4 Å². The van der Waals surface area contributed by atoms with Gasteiger partial charge in [-0.1, -0.05) is 109 Å². The molecule has 0 fully saturated rings. The molecule has 0 N–H and O–H groups in total. The molecule has 0 heterocycles. The van der Waals surface area contributed by atoms with Crippen molar-refractivity contribution in [3.63, 3.8) is 0 Å². The maximum atomic E-state index is 6.30. The molecule has 0 aliphatic carbocycles. The molecule has 0 spiro atoms. The lowest BCUT2D eigenvalue weighted by Gasteiger charge is -2.27. The molecule has 0 aliphatic rings. The van der Waals surface area contributed by atoms with E-state index in [-0.39, 0.29) is 0 Å². The fourth-order valence-electron chi connectivity index (χ4n) is 4.72. The fourth-order valence-corrected chi connectivity index (χ4v) is 4.72. The molecule has 0 atom stereocenters. The van der Waals surface area contributed by atoms with Crippen LogP contribution in [0.25, 0.3) is 10.8 Å². The van der Waals surface area contributed by atoms with E-state index in [0.717, 1.165) is 34.8 Å². The molecular formula is C36H33NO. The second-order valence-electron chi connectivity index (χ2n) is 9.45. The summed E-state index contributed by atoms with van der Waals surface area (Å²) in [4.78, 5) is 2.32. The van der Waals surface area contributed by atoms with Crippen LogP contribution in [0.4, 0.5) is 17.1 Å². The maximum Gasteiger partial charge on any atom is 0.123 e. The van der Waals surface area contributed by atoms with Gasteiger partial charge >= 0.3 is 0 Å². The van der Waals surface area contributed by atoms with Gasteiger partial charge in [-0.25, -0.2) is 0 Å². The molecule has 2 heteroatoms. The number of rotatable bonds is 9. The van der Waals surface area contributed by atoms with Gasteiger partial charge in [-0.05, 0) is 73.2 Å². The van der Waals surface area contributed by atoms with E-state index in [1.807, 2.05) is 13.0 Å². The van der Waals surface area contributed by atoms with Gasteiger partial charge in [0.05, 0.1) is 5.69 Å². The van der Waals surface area contributed by atoms with Crippen molar-refractivity contribution >= 4 is 27.8 Å². The maximum absolute atomic E-state index is 6.30. The first-order chi connectivity index (χ1) is 18.7. The minimum absolute atomic E-state index is 0.522. The molecular weight excluding hydrogens is 462 g/mol. The molecule has 38 heavy (non-hydrogen) atoms. The smallest absolute Gasteiger partial charge is 0.123 e. The molecule has 0 radical (unpaired) electrons. The lowest BCUT2D eigenvalue weighted by molar-refractivity contribution is 0.303. The van der Waals surface area contributed by atoms with E-state index < -0.39 is 0 Å². The minimum Gasteiger partial charge on any atom is -0.489 e. The SMILES string of the molecule is CC=CC=C(C)Cc1ccccc1OCc1ccc(N(c2ccccc2)c2cccc3ccccc23)cc1. The summed E-state index contributed by atoms with van der Waals surface area (Å²) in [5.41, 5.74) is 7.04. The van der Waals surface area contributed by atoms with Crippen LogP contribution in [-0.2, 0) is 13.0 Å². The molecule has 5 aromatic carbocycles. The predicted molar refractivity (Wildman–Crippen MR) is 162 cm³/mol. The highest BCUT2D eigenvalue weighted by atomic mass is 16.5. The fraction of sp³-hybridized carbons (Fsp3) is 0.111. The number of anilines is 3. The number of para-hydroxylation sites is 2. The lowest BCUT2D eigenvalue weighted by Crippen LogP contribution is -2.10. The van der Waals surface area contributed by atoms with Gasteiger partial charge in [0.2, 0.25) is 0 Å². The van der Waals surface area contributed by atoms with E-state index in [1.165, 1.54) is 21.9 Å². The van der Waals surface area contributed by atoms with Crippen molar-refractivity contribution in [2.24, 2.45) is 0 Å². The first-order valence-electron chi connectivity index (χ1n) is 13.1. The molecule has 0 aromatic heterocycles. The van der Waals surface area contributed by atoms with Gasteiger partial charge in [0.15, 0.2) is 0 Å². The molecule has 0 saturated carbocycles. The monoisotopic (exact) mass is 495 g/mol. The van der Waals surface area contributed by atoms with Crippen LogP contribution in [-0.4, -0.2) is 0 Å². The number of hydrogen-bond acceptors (Lipinski definition) is 2. The van der Waals surface area contributed by atoms with Gasteiger partial charge in [-0.3, -0.25) is 0 Å². The molecule has 0 unspecified atom stereocenters. The molecule has 0 saturated heterocycles. The Bertz CT molecular complexity index is 1540. The first-order valence-corrected chi connectivity index (χ1v) is 13.1. The summed E-state index contributed by atoms with van der Waals surface area (Å²) in [7, 11) is 0. The summed E-state index contributed by atoms with van der Waals surface area (Å²) in [6.45, 7) is 4.71. The highest BCUT2D eigenvalue weighted by Crippen LogP contribution is 2.38. The average Bonchev–Trinajstić information content (AvgIpc) is 2.97. The summed E-state index contributed by atoms with van der Waals surface area (Å²) in [5, 5.41) is 2.45. The van der Waals surface area contributed by atoms with Gasteiger partial charge in [-0.15, -0.1) is 0 Å². The van der Waals surface area contributed by atoms with E-state index in [0.29, 0.717) is 6.61 Å². The predicted octanol–water partition coefficient (Wildman–Crippen LogP) is 9.95. The first kappa shape index (κ1) is 25.1. The van der Waals surface area contributed by atoms with E-state index in [1.54, 1.807) is 0 Å². The third-order valence-electron chi connectivity index (χ3n) is 6.63. The van der Waals surface area contributed by atoms with Crippen molar-refractivity contribution in [2.45, 2.75) is 26.9 Å². The summed E-state index contributed by atoms with van der Waals surface area (Å²) in [5.74, 6) is 0.937. The number of hydrogen-bond donors (Lipinski definition) is 0. The van der Waals surface area contributed by atoms with Gasteiger partial charge in [0, 0.05) is 16.8 Å². The lowest BCUT2D eigenvalue weighted by atomic mass is 10.0. The third-order valence-corrected chi connectivity index (χ3v) is 6.63. The highest BCUT2D eigenvalue weighted by Gasteiger charge is 2.15. The number of benzene rings is 5. The number of allylic oxidation sites excluding steroid dienone is 4. The van der Waals surface area contributed by atoms with Crippen LogP contribution in [0.5, 0.6) is 5.75 Å². The van der Waals surface area contributed by atoms with Crippen LogP contribution >= 0.6 is 0 Å². The Morgan fingerprint density at radius 1 is 0.711 bits per heavy atom. The number of nitrogens with zero attached hydrogens (tertiary/aromatic N) is 1. The molecule has 0 amide bonds. The normalized spacial score (nSPS) is 11.7. The Morgan fingerprint density at radius 2 is 1.39 bits per heavy atom. The minimum atomic E-state index is 0.522. The van der Waals surface area contributed by atoms with E-state index in [4.69, 9.17) is 4.74 Å². The summed E-state index contributed by atoms with van der Waals surface area (Å²) >= 11 is 0. The van der Waals surface area contributed by atoms with Crippen molar-refractivity contribution in [3.05, 3.63) is 156 Å². The van der Waals surface area contributed by atoms with Crippen LogP contribution < -0.4 is 9.64 Å². The molecule has 0 aliphatic heterocycles. The van der Waals surface area contributed by atoms with E-state index in [9.17, 15) is 0 Å². The van der Waals surface area contributed by atoms with Crippen LogP contribution in [0.1, 0.15) is 25.0 Å². The molecule has 0 bridgehead atoms. The van der Waals surface area contributed by atoms with Crippen molar-refractivity contribution < 1.29 is 4.74 Å². The third kappa shape index (κ3) is 5.87. The zero-order chi connectivity index (χ0) is 26.2. The second kappa shape index (κ2) is 12.1. The van der Waals surface area contributed by atoms with Gasteiger partial charge < -0.3 is 9.64 Å². The Balaban J connectivity index is 1.40. The Morgan fingerprint density at radius 3 is 2.21 bits per heavy atom. The summed E-state index contributed by atoms with van der Waals surface area (Å²) < 4.78 is 6.30. The molecule has 5 aromatic rings. The van der Waals surface area contributed by atoms with Crippen LogP contribution in [0.3, 0.4) is 0 Å². The van der Waals surface area contributed by atoms with Gasteiger partial charge in [-0.2, -0.15) is 0 Å². The van der Waals surface area contributed by atoms with Crippen LogP contribution in [0.2, 0.25) is 0 Å².